The molecule has 0 spiro atoms. The average Bonchev–Trinajstić information content (AvgIpc) is 2.97. The maximum atomic E-state index is 12.3. The van der Waals surface area contributed by atoms with Crippen molar-refractivity contribution in [2.75, 3.05) is 50.7 Å². The Morgan fingerprint density at radius 2 is 1.43 bits per heavy atom. The minimum absolute atomic E-state index is 0. The van der Waals surface area contributed by atoms with Crippen molar-refractivity contribution in [3.8, 4) is 5.75 Å². The van der Waals surface area contributed by atoms with Crippen LogP contribution < -0.4 is 76.7 Å². The number of nitrogens with zero attached hydrogens (tertiary/aromatic N) is 4. The number of rotatable bonds is 22. The van der Waals surface area contributed by atoms with E-state index in [1.165, 1.54) is 30.2 Å². The predicted octanol–water partition coefficient (Wildman–Crippen LogP) is -8.31. The third-order valence-corrected chi connectivity index (χ3v) is 7.86. The summed E-state index contributed by atoms with van der Waals surface area (Å²) in [5.74, 6) is -0.683. The van der Waals surface area contributed by atoms with E-state index in [1.807, 2.05) is 0 Å². The van der Waals surface area contributed by atoms with E-state index in [0.717, 1.165) is 18.2 Å². The van der Waals surface area contributed by atoms with E-state index < -0.39 is 43.2 Å². The Hall–Kier alpha value is -0.968. The molecule has 2 aromatic rings. The van der Waals surface area contributed by atoms with Crippen LogP contribution in [0.1, 0.15) is 0 Å². The first kappa shape index (κ1) is 48.1. The van der Waals surface area contributed by atoms with Gasteiger partial charge in [0.05, 0.1) is 53.9 Å². The van der Waals surface area contributed by atoms with Gasteiger partial charge in [0.15, 0.2) is 40.2 Å². The largest absolute Gasteiger partial charge is 1.00 e. The number of hydrogen-bond acceptors (Lipinski definition) is 22. The molecular formula is C19H21Li3N4O17S4. The van der Waals surface area contributed by atoms with Crippen LogP contribution in [0.2, 0.25) is 0 Å². The molecule has 0 radical (unpaired) electrons. The van der Waals surface area contributed by atoms with Crippen LogP contribution in [0.25, 0.3) is 0 Å². The third-order valence-electron chi connectivity index (χ3n) is 4.96. The van der Waals surface area contributed by atoms with Crippen LogP contribution in [0.4, 0.5) is 22.7 Å². The van der Waals surface area contributed by atoms with Crippen molar-refractivity contribution < 1.29 is 129 Å². The fraction of sp³-hybridized carbons (Fsp3) is 0.368. The van der Waals surface area contributed by atoms with Gasteiger partial charge >= 0.3 is 56.6 Å². The molecule has 0 amide bonds. The summed E-state index contributed by atoms with van der Waals surface area (Å²) >= 11 is 0.499. The number of azo groups is 1. The zero-order valence-corrected chi connectivity index (χ0v) is 28.3. The van der Waals surface area contributed by atoms with Crippen LogP contribution in [-0.2, 0) is 51.5 Å². The Morgan fingerprint density at radius 1 is 0.872 bits per heavy atom. The van der Waals surface area contributed by atoms with Crippen LogP contribution >= 0.6 is 24.6 Å². The summed E-state index contributed by atoms with van der Waals surface area (Å²) in [5.41, 5.74) is -0.451. The van der Waals surface area contributed by atoms with Gasteiger partial charge in [-0.15, -0.1) is 13.8 Å². The average molecular weight is 726 g/mol. The van der Waals surface area contributed by atoms with Crippen molar-refractivity contribution in [1.29, 1.82) is 0 Å². The van der Waals surface area contributed by atoms with Gasteiger partial charge in [0.2, 0.25) is 10.4 Å². The Kier molecular flexibility index (Phi) is 25.7. The molecule has 2 rings (SSSR count). The molecule has 0 heterocycles. The quantitative estimate of drug-likeness (QED) is 0.0125. The zero-order valence-electron chi connectivity index (χ0n) is 25.1. The number of methoxy groups -OCH3 is 1. The predicted molar refractivity (Wildman–Crippen MR) is 142 cm³/mol. The van der Waals surface area contributed by atoms with Crippen LogP contribution in [0.3, 0.4) is 0 Å². The number of anilines is 1. The van der Waals surface area contributed by atoms with Crippen LogP contribution in [-0.4, -0.2) is 72.1 Å². The van der Waals surface area contributed by atoms with Crippen LogP contribution in [0, 0.1) is 10.1 Å². The van der Waals surface area contributed by atoms with E-state index in [9.17, 15) is 42.0 Å². The zero-order chi connectivity index (χ0) is 32.6. The smallest absolute Gasteiger partial charge is 0.726 e. The summed E-state index contributed by atoms with van der Waals surface area (Å²) in [4.78, 5) is 12.5. The molecule has 0 aliphatic heterocycles. The molecule has 0 saturated carbocycles. The molecular weight excluding hydrogens is 705 g/mol. The second-order valence-corrected chi connectivity index (χ2v) is 11.7. The Bertz CT molecular complexity index is 1450. The maximum absolute atomic E-state index is 12.3. The molecule has 0 atom stereocenters. The second kappa shape index (κ2) is 25.1. The van der Waals surface area contributed by atoms with Gasteiger partial charge < -0.3 is 24.7 Å². The van der Waals surface area contributed by atoms with E-state index in [4.69, 9.17) is 13.1 Å². The van der Waals surface area contributed by atoms with Gasteiger partial charge in [-0.1, -0.05) is 0 Å². The molecule has 0 N–H and O–H groups in total. The number of sulfone groups is 1. The first-order chi connectivity index (χ1) is 20.9. The molecule has 0 aromatic heterocycles. The first-order valence-corrected chi connectivity index (χ1v) is 15.7. The summed E-state index contributed by atoms with van der Waals surface area (Å²) in [6, 6.07) is 7.10. The number of nitro groups is 1. The molecule has 47 heavy (non-hydrogen) atoms. The van der Waals surface area contributed by atoms with E-state index in [-0.39, 0.29) is 135 Å². The van der Waals surface area contributed by atoms with Gasteiger partial charge in [0.25, 0.3) is 5.69 Å². The molecule has 0 fully saturated rings. The maximum Gasteiger partial charge on any atom is 1.00 e. The van der Waals surface area contributed by atoms with Crippen molar-refractivity contribution in [3.05, 3.63) is 46.5 Å². The van der Waals surface area contributed by atoms with Gasteiger partial charge in [0, 0.05) is 25.2 Å². The fourth-order valence-corrected chi connectivity index (χ4v) is 5.05. The molecule has 0 aliphatic rings. The molecule has 0 aliphatic carbocycles. The molecule has 0 saturated heterocycles. The summed E-state index contributed by atoms with van der Waals surface area (Å²) in [7, 11) is -7.78. The topological polar surface area (TPSA) is 282 Å². The van der Waals surface area contributed by atoms with Gasteiger partial charge in [-0.2, -0.15) is 5.11 Å². The number of hydrogen-bond donors (Lipinski definition) is 0. The summed E-state index contributed by atoms with van der Waals surface area (Å²) < 4.78 is 83.5. The Labute approximate surface area is 313 Å². The van der Waals surface area contributed by atoms with Crippen LogP contribution in [0.15, 0.2) is 51.5 Å². The Balaban J connectivity index is 0. The standard InChI is InChI=1S/C19H24N4O17S4.3Li/c1-33-19-12-16(21-20-14-2-4-15(5-3-14)43(28,29)11-10-36-44(30,31)32)17(23(24)25)13-18(19)22(6-8-34-41-39-37-26)7-9-35-42-40-38-27;;;/h2-5,12-13,26-27H,6-11H2,1H3,(H,30,31,32);;;/q;3*+1/p-3. The molecule has 0 unspecified atom stereocenters. The summed E-state index contributed by atoms with van der Waals surface area (Å²) in [6.45, 7) is -0.955. The second-order valence-electron chi connectivity index (χ2n) is 7.55. The molecule has 0 bridgehead atoms. The van der Waals surface area contributed by atoms with Crippen molar-refractivity contribution in [2.45, 2.75) is 4.90 Å². The first-order valence-electron chi connectivity index (χ1n) is 11.4. The fourth-order valence-electron chi connectivity index (χ4n) is 3.16. The normalized spacial score (nSPS) is 11.3. The van der Waals surface area contributed by atoms with E-state index >= 15 is 0 Å². The van der Waals surface area contributed by atoms with Gasteiger partial charge in [-0.25, -0.2) is 16.8 Å². The van der Waals surface area contributed by atoms with Crippen molar-refractivity contribution in [2.24, 2.45) is 10.2 Å². The van der Waals surface area contributed by atoms with Crippen LogP contribution in [0.5, 0.6) is 5.75 Å². The van der Waals surface area contributed by atoms with E-state index in [0.29, 0.717) is 0 Å². The minimum atomic E-state index is -5.06. The molecule has 28 heteroatoms. The van der Waals surface area contributed by atoms with Crippen molar-refractivity contribution >= 4 is 67.6 Å². The Morgan fingerprint density at radius 3 is 1.89 bits per heavy atom. The third kappa shape index (κ3) is 18.0. The van der Waals surface area contributed by atoms with Gasteiger partial charge in [0.1, 0.15) is 5.75 Å². The molecule has 246 valence electrons. The van der Waals surface area contributed by atoms with Gasteiger partial charge in [-0.3, -0.25) is 32.7 Å². The van der Waals surface area contributed by atoms with Gasteiger partial charge in [-0.05, 0) is 24.3 Å². The molecule has 2 aromatic carbocycles. The van der Waals surface area contributed by atoms with E-state index in [2.05, 4.69) is 33.2 Å². The molecule has 21 nitrogen and oxygen atoms in total. The summed E-state index contributed by atoms with van der Waals surface area (Å²) in [6.07, 6.45) is 0. The SMILES string of the molecule is COc1cc(N=Nc2ccc(S(=O)(=O)CCOS(=O)(=O)[O-])cc2)c([N+](=O)[O-])cc1N(CCOSOO[O-])CCOSOO[O-].[Li+].[Li+].[Li+]. The number of benzene rings is 2. The number of nitro benzene ring substituents is 1. The summed E-state index contributed by atoms with van der Waals surface area (Å²) in [5, 5.41) is 45.8. The minimum Gasteiger partial charge on any atom is -0.726 e. The number of ether oxygens (including phenoxy) is 1. The van der Waals surface area contributed by atoms with E-state index in [1.54, 1.807) is 0 Å². The van der Waals surface area contributed by atoms with Crippen molar-refractivity contribution in [3.63, 3.8) is 0 Å². The monoisotopic (exact) mass is 726 g/mol. The van der Waals surface area contributed by atoms with Crippen molar-refractivity contribution in [1.82, 2.24) is 0 Å².